The van der Waals surface area contributed by atoms with Crippen molar-refractivity contribution in [2.75, 3.05) is 17.6 Å². The van der Waals surface area contributed by atoms with Gasteiger partial charge in [-0.1, -0.05) is 42.3 Å². The molecule has 1 unspecified atom stereocenters. The summed E-state index contributed by atoms with van der Waals surface area (Å²) in [5.41, 5.74) is 8.88. The van der Waals surface area contributed by atoms with Crippen molar-refractivity contribution in [2.45, 2.75) is 19.9 Å². The number of pyridine rings is 1. The number of nitrogens with zero attached hydrogens (tertiary/aromatic N) is 4. The van der Waals surface area contributed by atoms with E-state index in [0.29, 0.717) is 39.7 Å². The fourth-order valence-electron chi connectivity index (χ4n) is 4.66. The number of hydrogen-bond acceptors (Lipinski definition) is 7. The second-order valence-corrected chi connectivity index (χ2v) is 10.3. The van der Waals surface area contributed by atoms with Crippen molar-refractivity contribution < 1.29 is 4.79 Å². The number of anilines is 2. The number of benzene rings is 2. The fraction of sp³-hybridized carbons (Fsp3) is 0.161. The van der Waals surface area contributed by atoms with Crippen molar-refractivity contribution in [2.24, 2.45) is 7.05 Å². The molecule has 5 rings (SSSR count). The predicted octanol–water partition coefficient (Wildman–Crippen LogP) is 4.56. The molecule has 0 aliphatic rings. The average molecular weight is 564 g/mol. The van der Waals surface area contributed by atoms with Crippen LogP contribution in [0.5, 0.6) is 0 Å². The second-order valence-electron chi connectivity index (χ2n) is 9.46. The summed E-state index contributed by atoms with van der Waals surface area (Å²) < 4.78 is 3.14. The van der Waals surface area contributed by atoms with Crippen LogP contribution in [0.25, 0.3) is 16.5 Å². The minimum absolute atomic E-state index is 0.0985. The van der Waals surface area contributed by atoms with Crippen LogP contribution in [0.2, 0.25) is 0 Å². The summed E-state index contributed by atoms with van der Waals surface area (Å²) in [5.74, 6) is 6.40. The molecule has 4 N–H and O–H groups in total. The highest BCUT2D eigenvalue weighted by Crippen LogP contribution is 2.26. The molecule has 0 saturated heterocycles. The quantitative estimate of drug-likeness (QED) is 0.197. The first-order chi connectivity index (χ1) is 19.8. The number of carbonyl (C=O) groups excluding carboxylic acids is 1. The van der Waals surface area contributed by atoms with Gasteiger partial charge in [-0.05, 0) is 49.4 Å². The number of rotatable bonds is 7. The van der Waals surface area contributed by atoms with E-state index in [0.717, 1.165) is 11.1 Å². The van der Waals surface area contributed by atoms with Crippen LogP contribution < -0.4 is 21.9 Å². The molecule has 0 spiro atoms. The standard InChI is InChI=1S/C31H29N7O2S/c1-5-16-33-29-27(28(32)36-37(29)4)30(39)35-20(3)24-17-22-11-9-10-21(14-15-25-34-19(2)18-41-25)26(22)31(40)38(24)23-12-7-6-8-13-23/h5-13,17-18,20,33H,1,16H2,2-4H3,(H2,32,36)(H,35,39). The lowest BCUT2D eigenvalue weighted by molar-refractivity contribution is 0.0940. The van der Waals surface area contributed by atoms with Crippen molar-refractivity contribution in [3.63, 3.8) is 0 Å². The number of fused-ring (bicyclic) bond motifs is 1. The molecule has 3 heterocycles. The van der Waals surface area contributed by atoms with E-state index in [4.69, 9.17) is 5.73 Å². The number of hydrogen-bond donors (Lipinski definition) is 3. The van der Waals surface area contributed by atoms with Crippen LogP contribution in [0.15, 0.2) is 77.4 Å². The summed E-state index contributed by atoms with van der Waals surface area (Å²) in [7, 11) is 1.70. The third-order valence-electron chi connectivity index (χ3n) is 6.52. The van der Waals surface area contributed by atoms with Crippen LogP contribution in [-0.2, 0) is 7.05 Å². The van der Waals surface area contributed by atoms with Crippen molar-refractivity contribution in [3.8, 4) is 17.5 Å². The highest BCUT2D eigenvalue weighted by Gasteiger charge is 2.25. The summed E-state index contributed by atoms with van der Waals surface area (Å²) in [6, 6.07) is 16.2. The topological polar surface area (TPSA) is 120 Å². The number of amides is 1. The maximum atomic E-state index is 14.2. The van der Waals surface area contributed by atoms with Crippen LogP contribution in [0.3, 0.4) is 0 Å². The zero-order valence-electron chi connectivity index (χ0n) is 22.9. The Morgan fingerprint density at radius 1 is 1.20 bits per heavy atom. The lowest BCUT2D eigenvalue weighted by Crippen LogP contribution is -2.32. The number of nitrogen functional groups attached to an aromatic ring is 1. The van der Waals surface area contributed by atoms with Crippen LogP contribution in [-0.4, -0.2) is 31.8 Å². The summed E-state index contributed by atoms with van der Waals surface area (Å²) in [4.78, 5) is 32.1. The minimum Gasteiger partial charge on any atom is -0.381 e. The number of aromatic nitrogens is 4. The Hall–Kier alpha value is -5.14. The Balaban J connectivity index is 1.62. The lowest BCUT2D eigenvalue weighted by atomic mass is 10.0. The van der Waals surface area contributed by atoms with Gasteiger partial charge in [-0.15, -0.1) is 17.9 Å². The molecule has 0 aliphatic carbocycles. The van der Waals surface area contributed by atoms with E-state index in [9.17, 15) is 9.59 Å². The molecule has 2 aromatic carbocycles. The van der Waals surface area contributed by atoms with Crippen molar-refractivity contribution >= 4 is 39.7 Å². The SMILES string of the molecule is C=CCNc1c(C(=O)NC(C)c2cc3cccc(C#Cc4nc(C)cs4)c3c(=O)n2-c2ccccc2)c(N)nn1C. The van der Waals surface area contributed by atoms with E-state index in [1.165, 1.54) is 16.0 Å². The molecule has 3 aromatic heterocycles. The fourth-order valence-corrected chi connectivity index (χ4v) is 5.30. The third-order valence-corrected chi connectivity index (χ3v) is 7.39. The molecule has 10 heteroatoms. The summed E-state index contributed by atoms with van der Waals surface area (Å²) in [6.07, 6.45) is 1.68. The monoisotopic (exact) mass is 563 g/mol. The van der Waals surface area contributed by atoms with E-state index in [-0.39, 0.29) is 16.9 Å². The molecule has 0 fully saturated rings. The van der Waals surface area contributed by atoms with Crippen LogP contribution in [0.4, 0.5) is 11.6 Å². The number of thiazole rings is 1. The van der Waals surface area contributed by atoms with Gasteiger partial charge in [-0.25, -0.2) is 4.98 Å². The smallest absolute Gasteiger partial charge is 0.264 e. The highest BCUT2D eigenvalue weighted by atomic mass is 32.1. The van der Waals surface area contributed by atoms with E-state index >= 15 is 0 Å². The maximum Gasteiger partial charge on any atom is 0.264 e. The van der Waals surface area contributed by atoms with Crippen LogP contribution in [0, 0.1) is 18.8 Å². The van der Waals surface area contributed by atoms with E-state index in [1.54, 1.807) is 17.7 Å². The second kappa shape index (κ2) is 11.5. The average Bonchev–Trinajstić information content (AvgIpc) is 3.51. The first-order valence-electron chi connectivity index (χ1n) is 12.9. The Morgan fingerprint density at radius 2 is 1.98 bits per heavy atom. The Bertz CT molecular complexity index is 1890. The third kappa shape index (κ3) is 5.48. The zero-order valence-corrected chi connectivity index (χ0v) is 23.7. The molecule has 9 nitrogen and oxygen atoms in total. The van der Waals surface area contributed by atoms with Gasteiger partial charge in [0.1, 0.15) is 11.4 Å². The summed E-state index contributed by atoms with van der Waals surface area (Å²) in [6.45, 7) is 7.89. The molecular weight excluding hydrogens is 534 g/mol. The first-order valence-corrected chi connectivity index (χ1v) is 13.8. The lowest BCUT2D eigenvalue weighted by Gasteiger charge is -2.21. The predicted molar refractivity (Wildman–Crippen MR) is 165 cm³/mol. The molecule has 0 aliphatic heterocycles. The number of carbonyl (C=O) groups is 1. The van der Waals surface area contributed by atoms with Gasteiger partial charge >= 0.3 is 0 Å². The Kier molecular flexibility index (Phi) is 7.72. The van der Waals surface area contributed by atoms with E-state index < -0.39 is 11.9 Å². The van der Waals surface area contributed by atoms with Crippen molar-refractivity contribution in [1.82, 2.24) is 24.6 Å². The first kappa shape index (κ1) is 27.4. The molecule has 0 radical (unpaired) electrons. The molecule has 41 heavy (non-hydrogen) atoms. The van der Waals surface area contributed by atoms with Gasteiger partial charge in [0.05, 0.1) is 11.4 Å². The molecule has 1 atom stereocenters. The summed E-state index contributed by atoms with van der Waals surface area (Å²) in [5, 5.41) is 14.2. The molecular formula is C31H29N7O2S. The van der Waals surface area contributed by atoms with Gasteiger partial charge in [0.25, 0.3) is 11.5 Å². The van der Waals surface area contributed by atoms with Crippen LogP contribution >= 0.6 is 11.3 Å². The van der Waals surface area contributed by atoms with Crippen molar-refractivity contribution in [3.05, 3.63) is 111 Å². The Morgan fingerprint density at radius 3 is 2.68 bits per heavy atom. The highest BCUT2D eigenvalue weighted by molar-refractivity contribution is 7.10. The molecule has 206 valence electrons. The van der Waals surface area contributed by atoms with E-state index in [2.05, 4.69) is 39.1 Å². The number of nitrogens with one attached hydrogen (secondary N) is 2. The van der Waals surface area contributed by atoms with Gasteiger partial charge in [0.2, 0.25) is 0 Å². The normalized spacial score (nSPS) is 11.5. The van der Waals surface area contributed by atoms with Crippen molar-refractivity contribution in [1.29, 1.82) is 0 Å². The minimum atomic E-state index is -0.570. The summed E-state index contributed by atoms with van der Waals surface area (Å²) >= 11 is 1.46. The van der Waals surface area contributed by atoms with Gasteiger partial charge < -0.3 is 16.4 Å². The Labute approximate surface area is 241 Å². The van der Waals surface area contributed by atoms with Gasteiger partial charge in [-0.3, -0.25) is 18.8 Å². The molecule has 1 amide bonds. The van der Waals surface area contributed by atoms with Gasteiger partial charge in [-0.2, -0.15) is 5.10 Å². The molecule has 0 bridgehead atoms. The van der Waals surface area contributed by atoms with Crippen LogP contribution in [0.1, 0.15) is 45.3 Å². The van der Waals surface area contributed by atoms with Gasteiger partial charge in [0.15, 0.2) is 10.8 Å². The number of nitrogens with two attached hydrogens (primary N) is 1. The largest absolute Gasteiger partial charge is 0.381 e. The van der Waals surface area contributed by atoms with E-state index in [1.807, 2.05) is 73.8 Å². The molecule has 5 aromatic rings. The molecule has 0 saturated carbocycles. The number of aryl methyl sites for hydroxylation is 2. The van der Waals surface area contributed by atoms with Gasteiger partial charge in [0, 0.05) is 41.6 Å². The number of para-hydroxylation sites is 1. The maximum absolute atomic E-state index is 14.2. The zero-order chi connectivity index (χ0) is 29.1.